The number of aliphatic carboxylic acids is 1. The van der Waals surface area contributed by atoms with Gasteiger partial charge in [-0.3, -0.25) is 14.4 Å². The van der Waals surface area contributed by atoms with Gasteiger partial charge in [-0.1, -0.05) is 0 Å². The molecule has 0 unspecified atom stereocenters. The van der Waals surface area contributed by atoms with Gasteiger partial charge in [0.25, 0.3) is 5.56 Å². The lowest BCUT2D eigenvalue weighted by atomic mass is 10.2. The van der Waals surface area contributed by atoms with Gasteiger partial charge in [-0.05, 0) is 6.42 Å². The fourth-order valence-electron chi connectivity index (χ4n) is 1.34. The Labute approximate surface area is 160 Å². The molecule has 0 fully saturated rings. The number of fused-ring (bicyclic) bond motifs is 1. The van der Waals surface area contributed by atoms with Crippen LogP contribution in [0.3, 0.4) is 0 Å². The molecule has 0 spiro atoms. The van der Waals surface area contributed by atoms with Crippen LogP contribution in [0.15, 0.2) is 17.4 Å². The first-order valence-corrected chi connectivity index (χ1v) is 10.1. The Kier molecular flexibility index (Phi) is 10.5. The normalized spacial score (nSPS) is 12.2. The Morgan fingerprint density at radius 1 is 1.10 bits per heavy atom. The number of aromatic amines is 2. The van der Waals surface area contributed by atoms with Crippen molar-refractivity contribution in [2.24, 2.45) is 11.5 Å². The second kappa shape index (κ2) is 11.5. The van der Waals surface area contributed by atoms with Crippen molar-refractivity contribution in [3.05, 3.63) is 23.0 Å². The van der Waals surface area contributed by atoms with Crippen molar-refractivity contribution in [1.82, 2.24) is 19.9 Å². The lowest BCUT2D eigenvalue weighted by Gasteiger charge is -2.03. The lowest BCUT2D eigenvalue weighted by molar-refractivity contribution is -0.138. The first-order valence-electron chi connectivity index (χ1n) is 7.08. The number of hydrogen-bond donors (Lipinski definition) is 9. The molecule has 17 nitrogen and oxygen atoms in total. The highest BCUT2D eigenvalue weighted by molar-refractivity contribution is 7.60. The molecule has 0 aliphatic rings. The van der Waals surface area contributed by atoms with Crippen molar-refractivity contribution in [2.45, 2.75) is 18.9 Å². The highest BCUT2D eigenvalue weighted by Gasteiger charge is 2.27. The van der Waals surface area contributed by atoms with Crippen LogP contribution in [-0.4, -0.2) is 62.5 Å². The van der Waals surface area contributed by atoms with Crippen molar-refractivity contribution in [2.75, 3.05) is 0 Å². The number of carboxylic acid groups (broad SMARTS) is 1. The van der Waals surface area contributed by atoms with Crippen LogP contribution in [0.5, 0.6) is 0 Å². The number of H-pyrrole nitrogens is 2. The number of carboxylic acids is 1. The van der Waals surface area contributed by atoms with Crippen molar-refractivity contribution < 1.29 is 47.7 Å². The number of imidazole rings is 1. The molecule has 0 aromatic carbocycles. The molecule has 0 saturated carbocycles. The van der Waals surface area contributed by atoms with Gasteiger partial charge in [0.2, 0.25) is 5.91 Å². The van der Waals surface area contributed by atoms with E-state index in [1.54, 1.807) is 0 Å². The number of aromatic nitrogens is 4. The van der Waals surface area contributed by atoms with E-state index in [-0.39, 0.29) is 18.4 Å². The summed E-state index contributed by atoms with van der Waals surface area (Å²) in [7, 11) is -10.1. The zero-order valence-electron chi connectivity index (χ0n) is 14.3. The highest BCUT2D eigenvalue weighted by atomic mass is 31.3. The predicted molar refractivity (Wildman–Crippen MR) is 93.7 cm³/mol. The molecule has 2 rings (SSSR count). The van der Waals surface area contributed by atoms with Crippen LogP contribution < -0.4 is 17.0 Å². The molecule has 29 heavy (non-hydrogen) atoms. The Bertz CT molecular complexity index is 942. The Morgan fingerprint density at radius 3 is 1.93 bits per heavy atom. The predicted octanol–water partition coefficient (Wildman–Crippen LogP) is -2.50. The first-order chi connectivity index (χ1) is 13.1. The molecule has 0 aliphatic heterocycles. The maximum atomic E-state index is 10.9. The number of nitrogens with zero attached hydrogens (tertiary/aromatic N) is 2. The van der Waals surface area contributed by atoms with Gasteiger partial charge in [0.15, 0.2) is 11.2 Å². The second-order valence-corrected chi connectivity index (χ2v) is 7.46. The molecular weight excluding hydrogens is 442 g/mol. The van der Waals surface area contributed by atoms with Gasteiger partial charge in [-0.15, -0.1) is 0 Å². The average Bonchev–Trinajstić information content (AvgIpc) is 3.00. The van der Waals surface area contributed by atoms with Gasteiger partial charge in [0.1, 0.15) is 6.04 Å². The van der Waals surface area contributed by atoms with E-state index in [2.05, 4.69) is 24.2 Å². The monoisotopic (exact) mass is 460 g/mol. The van der Waals surface area contributed by atoms with E-state index in [9.17, 15) is 23.5 Å². The van der Waals surface area contributed by atoms with E-state index >= 15 is 0 Å². The Balaban J connectivity index is 0.000000407. The molecule has 0 bridgehead atoms. The van der Waals surface area contributed by atoms with E-state index in [0.29, 0.717) is 11.2 Å². The maximum absolute atomic E-state index is 10.9. The molecule has 0 radical (unpaired) electrons. The van der Waals surface area contributed by atoms with Gasteiger partial charge >= 0.3 is 21.6 Å². The molecule has 2 aromatic heterocycles. The van der Waals surface area contributed by atoms with Gasteiger partial charge < -0.3 is 46.1 Å². The van der Waals surface area contributed by atoms with Gasteiger partial charge in [-0.2, -0.15) is 4.31 Å². The number of nitrogens with two attached hydrogens (primary N) is 2. The molecule has 19 heteroatoms. The number of nitrogens with one attached hydrogen (secondary N) is 2. The minimum Gasteiger partial charge on any atom is -0.480 e. The van der Waals surface area contributed by atoms with Crippen LogP contribution in [0, 0.1) is 0 Å². The summed E-state index contributed by atoms with van der Waals surface area (Å²) >= 11 is 0. The minimum atomic E-state index is -5.05. The number of rotatable bonds is 6. The van der Waals surface area contributed by atoms with Crippen LogP contribution in [0.25, 0.3) is 11.2 Å². The summed E-state index contributed by atoms with van der Waals surface area (Å²) in [6.45, 7) is 0. The summed E-state index contributed by atoms with van der Waals surface area (Å²) in [5.74, 6) is -1.64. The van der Waals surface area contributed by atoms with Crippen molar-refractivity contribution >= 4 is 38.7 Å². The van der Waals surface area contributed by atoms with Crippen LogP contribution in [-0.2, 0) is 23.0 Å². The maximum Gasteiger partial charge on any atom is 0.478 e. The third-order valence-corrected chi connectivity index (χ3v) is 4.16. The third kappa shape index (κ3) is 13.3. The van der Waals surface area contributed by atoms with Crippen molar-refractivity contribution in [3.63, 3.8) is 0 Å². The lowest BCUT2D eigenvalue weighted by Crippen LogP contribution is -2.31. The van der Waals surface area contributed by atoms with E-state index in [4.69, 9.17) is 36.1 Å². The average molecular weight is 460 g/mol. The highest BCUT2D eigenvalue weighted by Crippen LogP contribution is 2.53. The molecule has 164 valence electrons. The van der Waals surface area contributed by atoms with Crippen LogP contribution in [0.1, 0.15) is 12.8 Å². The SMILES string of the molecule is NC(=O)CC[C@H](N)C(=O)O.O=P(O)(O)OP(=O)(O)O.O=c1[nH]cnc2nc[nH]c12. The largest absolute Gasteiger partial charge is 0.480 e. The summed E-state index contributed by atoms with van der Waals surface area (Å²) in [4.78, 5) is 74.7. The molecule has 11 N–H and O–H groups in total. The summed E-state index contributed by atoms with van der Waals surface area (Å²) in [6, 6.07) is -0.979. The number of carbonyl (C=O) groups is 2. The fourth-order valence-corrected chi connectivity index (χ4v) is 2.44. The molecule has 0 aliphatic carbocycles. The second-order valence-electron chi connectivity index (χ2n) is 4.85. The molecule has 2 heterocycles. The van der Waals surface area contributed by atoms with E-state index < -0.39 is 33.6 Å². The Hall–Kier alpha value is -2.49. The van der Waals surface area contributed by atoms with Crippen LogP contribution in [0.4, 0.5) is 0 Å². The zero-order valence-corrected chi connectivity index (χ0v) is 16.1. The smallest absolute Gasteiger partial charge is 0.478 e. The Morgan fingerprint density at radius 2 is 1.59 bits per heavy atom. The standard InChI is InChI=1S/C5H4N4O.C5H10N2O3.H4O7P2/c10-5-3-4(7-1-6-3)8-2-9-5;6-3(5(9)10)1-2-4(7)8;1-8(2,3)7-9(4,5)6/h1-2H,(H2,6,7,8,9,10);3H,1-2,6H2,(H2,7,8)(H,9,10);(H2,1,2,3)(H2,4,5,6)/t;3-;/m.0./s1. The van der Waals surface area contributed by atoms with Gasteiger partial charge in [0, 0.05) is 6.42 Å². The van der Waals surface area contributed by atoms with Crippen LogP contribution >= 0.6 is 15.6 Å². The van der Waals surface area contributed by atoms with E-state index in [0.717, 1.165) is 0 Å². The molecule has 0 saturated heterocycles. The fraction of sp³-hybridized carbons (Fsp3) is 0.300. The first kappa shape index (κ1) is 26.5. The molecular formula is C10H18N6O11P2. The number of carbonyl (C=O) groups excluding carboxylic acids is 1. The summed E-state index contributed by atoms with van der Waals surface area (Å²) < 4.78 is 22.2. The van der Waals surface area contributed by atoms with Crippen LogP contribution in [0.2, 0.25) is 0 Å². The number of phosphoric acid groups is 2. The number of hydrogen-bond acceptors (Lipinski definition) is 9. The number of primary amides is 1. The number of amides is 1. The van der Waals surface area contributed by atoms with Crippen molar-refractivity contribution in [1.29, 1.82) is 0 Å². The topological polar surface area (TPSA) is 305 Å². The summed E-state index contributed by atoms with van der Waals surface area (Å²) in [5.41, 5.74) is 10.5. The van der Waals surface area contributed by atoms with E-state index in [1.807, 2.05) is 0 Å². The van der Waals surface area contributed by atoms with Crippen molar-refractivity contribution in [3.8, 4) is 0 Å². The minimum absolute atomic E-state index is 0.0213. The summed E-state index contributed by atoms with van der Waals surface area (Å²) in [5, 5.41) is 8.22. The van der Waals surface area contributed by atoms with E-state index in [1.165, 1.54) is 12.7 Å². The quantitative estimate of drug-likeness (QED) is 0.201. The molecule has 2 aromatic rings. The zero-order chi connectivity index (χ0) is 22.8. The molecule has 1 atom stereocenters. The van der Waals surface area contributed by atoms with Gasteiger partial charge in [-0.25, -0.2) is 19.1 Å². The third-order valence-electron chi connectivity index (χ3n) is 2.46. The van der Waals surface area contributed by atoms with Gasteiger partial charge in [0.05, 0.1) is 12.7 Å². The molecule has 1 amide bonds. The summed E-state index contributed by atoms with van der Waals surface area (Å²) in [6.07, 6.45) is 2.89.